The van der Waals surface area contributed by atoms with Gasteiger partial charge in [0.1, 0.15) is 5.75 Å². The van der Waals surface area contributed by atoms with E-state index in [-0.39, 0.29) is 18.2 Å². The first-order valence-electron chi connectivity index (χ1n) is 6.73. The van der Waals surface area contributed by atoms with Crippen molar-refractivity contribution in [2.24, 2.45) is 0 Å². The molecule has 0 spiro atoms. The monoisotopic (exact) mass is 317 g/mol. The second-order valence-corrected chi connectivity index (χ2v) is 5.12. The third-order valence-corrected chi connectivity index (χ3v) is 3.38. The van der Waals surface area contributed by atoms with Crippen molar-refractivity contribution in [3.05, 3.63) is 70.8 Å². The summed E-state index contributed by atoms with van der Waals surface area (Å²) >= 11 is 5.98. The summed E-state index contributed by atoms with van der Waals surface area (Å²) in [5.74, 6) is -0.203. The molecule has 2 aromatic carbocycles. The van der Waals surface area contributed by atoms with Crippen LogP contribution in [0.25, 0.3) is 6.08 Å². The Balaban J connectivity index is 1.89. The second-order valence-electron chi connectivity index (χ2n) is 4.71. The normalized spacial score (nSPS) is 12.3. The van der Waals surface area contributed by atoms with Crippen LogP contribution >= 0.6 is 11.6 Å². The maximum absolute atomic E-state index is 11.7. The number of phenols is 1. The summed E-state index contributed by atoms with van der Waals surface area (Å²) in [5, 5.41) is 22.4. The summed E-state index contributed by atoms with van der Waals surface area (Å²) in [4.78, 5) is 11.7. The van der Waals surface area contributed by atoms with Crippen LogP contribution in [0.5, 0.6) is 5.75 Å². The number of carbonyl (C=O) groups excluding carboxylic acids is 1. The van der Waals surface area contributed by atoms with Gasteiger partial charge < -0.3 is 15.5 Å². The molecular formula is C17H16ClNO3. The Labute approximate surface area is 133 Å². The fourth-order valence-corrected chi connectivity index (χ4v) is 2.17. The number of hydrogen-bond donors (Lipinski definition) is 3. The van der Waals surface area contributed by atoms with E-state index < -0.39 is 6.10 Å². The molecule has 1 atom stereocenters. The van der Waals surface area contributed by atoms with Crippen LogP contribution in [-0.4, -0.2) is 22.7 Å². The van der Waals surface area contributed by atoms with Crippen LogP contribution < -0.4 is 5.32 Å². The van der Waals surface area contributed by atoms with E-state index in [1.54, 1.807) is 54.6 Å². The number of hydrogen-bond acceptors (Lipinski definition) is 3. The molecule has 0 aliphatic heterocycles. The van der Waals surface area contributed by atoms with Gasteiger partial charge in [0.25, 0.3) is 0 Å². The third kappa shape index (κ3) is 4.62. The smallest absolute Gasteiger partial charge is 0.244 e. The van der Waals surface area contributed by atoms with Crippen molar-refractivity contribution in [3.63, 3.8) is 0 Å². The lowest BCUT2D eigenvalue weighted by atomic mass is 10.1. The fraction of sp³-hybridized carbons (Fsp3) is 0.118. The lowest BCUT2D eigenvalue weighted by Crippen LogP contribution is -2.26. The molecule has 1 unspecified atom stereocenters. The topological polar surface area (TPSA) is 69.6 Å². The molecule has 0 fully saturated rings. The summed E-state index contributed by atoms with van der Waals surface area (Å²) in [6.07, 6.45) is 2.05. The molecule has 1 amide bonds. The molecular weight excluding hydrogens is 302 g/mol. The molecule has 0 saturated heterocycles. The first-order chi connectivity index (χ1) is 10.6. The zero-order chi connectivity index (χ0) is 15.9. The molecule has 4 nitrogen and oxygen atoms in total. The van der Waals surface area contributed by atoms with Crippen molar-refractivity contribution in [3.8, 4) is 5.75 Å². The van der Waals surface area contributed by atoms with Crippen molar-refractivity contribution in [2.45, 2.75) is 6.10 Å². The van der Waals surface area contributed by atoms with Crippen LogP contribution in [0.15, 0.2) is 54.6 Å². The minimum absolute atomic E-state index is 0.0624. The van der Waals surface area contributed by atoms with Crippen LogP contribution in [0.4, 0.5) is 0 Å². The highest BCUT2D eigenvalue weighted by Crippen LogP contribution is 2.21. The number of benzene rings is 2. The number of halogens is 1. The number of rotatable bonds is 5. The lowest BCUT2D eigenvalue weighted by Gasteiger charge is -2.12. The number of amides is 1. The maximum Gasteiger partial charge on any atom is 0.244 e. The van der Waals surface area contributed by atoms with Gasteiger partial charge in [-0.3, -0.25) is 4.79 Å². The molecule has 0 bridgehead atoms. The van der Waals surface area contributed by atoms with Crippen LogP contribution in [0.1, 0.15) is 17.2 Å². The number of nitrogens with one attached hydrogen (secondary N) is 1. The first-order valence-corrected chi connectivity index (χ1v) is 7.11. The molecule has 0 radical (unpaired) electrons. The highest BCUT2D eigenvalue weighted by molar-refractivity contribution is 6.31. The molecule has 0 aliphatic rings. The minimum atomic E-state index is -0.869. The molecule has 3 N–H and O–H groups in total. The van der Waals surface area contributed by atoms with Gasteiger partial charge in [0, 0.05) is 23.2 Å². The Morgan fingerprint density at radius 1 is 1.23 bits per heavy atom. The summed E-state index contributed by atoms with van der Waals surface area (Å²) in [6.45, 7) is 0.0624. The number of aromatic hydroxyl groups is 1. The van der Waals surface area contributed by atoms with Gasteiger partial charge in [-0.2, -0.15) is 0 Å². The first kappa shape index (κ1) is 16.1. The lowest BCUT2D eigenvalue weighted by molar-refractivity contribution is -0.116. The van der Waals surface area contributed by atoms with Gasteiger partial charge in [-0.15, -0.1) is 0 Å². The van der Waals surface area contributed by atoms with E-state index in [1.807, 2.05) is 0 Å². The molecule has 114 valence electrons. The average molecular weight is 318 g/mol. The minimum Gasteiger partial charge on any atom is -0.508 e. The highest BCUT2D eigenvalue weighted by atomic mass is 35.5. The number of aliphatic hydroxyl groups is 1. The van der Waals surface area contributed by atoms with E-state index in [0.29, 0.717) is 16.1 Å². The Kier molecular flexibility index (Phi) is 5.58. The van der Waals surface area contributed by atoms with E-state index >= 15 is 0 Å². The van der Waals surface area contributed by atoms with Gasteiger partial charge in [0.05, 0.1) is 6.10 Å². The predicted octanol–water partition coefficient (Wildman–Crippen LogP) is 2.91. The van der Waals surface area contributed by atoms with Gasteiger partial charge in [-0.05, 0) is 29.8 Å². The Bertz CT molecular complexity index is 685. The highest BCUT2D eigenvalue weighted by Gasteiger charge is 2.11. The average Bonchev–Trinajstić information content (AvgIpc) is 2.51. The Hall–Kier alpha value is -2.30. The zero-order valence-corrected chi connectivity index (χ0v) is 12.5. The molecule has 5 heteroatoms. The van der Waals surface area contributed by atoms with Crippen LogP contribution in [0.3, 0.4) is 0 Å². The Morgan fingerprint density at radius 2 is 2.00 bits per heavy atom. The summed E-state index contributed by atoms with van der Waals surface area (Å²) < 4.78 is 0. The molecule has 2 rings (SSSR count). The molecule has 2 aromatic rings. The summed E-state index contributed by atoms with van der Waals surface area (Å²) in [5.41, 5.74) is 1.28. The molecule has 22 heavy (non-hydrogen) atoms. The number of carbonyl (C=O) groups is 1. The van der Waals surface area contributed by atoms with Crippen molar-refractivity contribution in [1.82, 2.24) is 5.32 Å². The van der Waals surface area contributed by atoms with Crippen LogP contribution in [0, 0.1) is 0 Å². The standard InChI is InChI=1S/C17H16ClNO3/c18-15-7-2-1-6-14(15)16(21)11-19-17(22)9-8-12-4-3-5-13(20)10-12/h1-10,16,20-21H,11H2,(H,19,22)/b9-8+. The predicted molar refractivity (Wildman–Crippen MR) is 86.6 cm³/mol. The van der Waals surface area contributed by atoms with Gasteiger partial charge in [-0.1, -0.05) is 41.9 Å². The van der Waals surface area contributed by atoms with Crippen molar-refractivity contribution in [1.29, 1.82) is 0 Å². The van der Waals surface area contributed by atoms with Crippen LogP contribution in [0.2, 0.25) is 5.02 Å². The fourth-order valence-electron chi connectivity index (χ4n) is 1.91. The maximum atomic E-state index is 11.7. The van der Waals surface area contributed by atoms with Crippen molar-refractivity contribution < 1.29 is 15.0 Å². The van der Waals surface area contributed by atoms with Crippen molar-refractivity contribution >= 4 is 23.6 Å². The van der Waals surface area contributed by atoms with E-state index in [0.717, 1.165) is 0 Å². The van der Waals surface area contributed by atoms with E-state index in [4.69, 9.17) is 11.6 Å². The van der Waals surface area contributed by atoms with Crippen LogP contribution in [-0.2, 0) is 4.79 Å². The van der Waals surface area contributed by atoms with Gasteiger partial charge in [0.2, 0.25) is 5.91 Å². The summed E-state index contributed by atoms with van der Waals surface area (Å²) in [6, 6.07) is 13.5. The van der Waals surface area contributed by atoms with E-state index in [2.05, 4.69) is 5.32 Å². The largest absolute Gasteiger partial charge is 0.508 e. The van der Waals surface area contributed by atoms with Crippen molar-refractivity contribution in [2.75, 3.05) is 6.54 Å². The molecule has 0 saturated carbocycles. The Morgan fingerprint density at radius 3 is 2.73 bits per heavy atom. The SMILES string of the molecule is O=C(/C=C/c1cccc(O)c1)NCC(O)c1ccccc1Cl. The van der Waals surface area contributed by atoms with E-state index in [9.17, 15) is 15.0 Å². The number of phenolic OH excluding ortho intramolecular Hbond substituents is 1. The quantitative estimate of drug-likeness (QED) is 0.743. The molecule has 0 aliphatic carbocycles. The summed E-state index contributed by atoms with van der Waals surface area (Å²) in [7, 11) is 0. The molecule has 0 heterocycles. The van der Waals surface area contributed by atoms with E-state index in [1.165, 1.54) is 6.08 Å². The van der Waals surface area contributed by atoms with Gasteiger partial charge >= 0.3 is 0 Å². The number of aliphatic hydroxyl groups excluding tert-OH is 1. The van der Waals surface area contributed by atoms with Gasteiger partial charge in [0.15, 0.2) is 0 Å². The molecule has 0 aromatic heterocycles. The third-order valence-electron chi connectivity index (χ3n) is 3.03. The second kappa shape index (κ2) is 7.64. The van der Waals surface area contributed by atoms with Gasteiger partial charge in [-0.25, -0.2) is 0 Å². The zero-order valence-electron chi connectivity index (χ0n) is 11.7.